The van der Waals surface area contributed by atoms with Crippen molar-refractivity contribution in [1.82, 2.24) is 5.32 Å². The third-order valence-corrected chi connectivity index (χ3v) is 2.18. The number of nitrogens with one attached hydrogen (secondary N) is 1. The molecular formula is C10H14ClN3O. The van der Waals surface area contributed by atoms with Gasteiger partial charge in [-0.25, -0.2) is 0 Å². The molecule has 0 aliphatic rings. The number of hydrogen-bond donors (Lipinski definition) is 3. The van der Waals surface area contributed by atoms with Crippen LogP contribution in [-0.2, 0) is 11.3 Å². The summed E-state index contributed by atoms with van der Waals surface area (Å²) < 4.78 is 0. The van der Waals surface area contributed by atoms with Crippen molar-refractivity contribution in [2.75, 3.05) is 6.54 Å². The van der Waals surface area contributed by atoms with Crippen molar-refractivity contribution < 1.29 is 4.79 Å². The largest absolute Gasteiger partial charge is 0.368 e. The Morgan fingerprint density at radius 3 is 2.87 bits per heavy atom. The smallest absolute Gasteiger partial charge is 0.235 e. The number of carbonyl (C=O) groups is 1. The normalized spacial score (nSPS) is 12.4. The molecule has 5 heteroatoms. The molecule has 1 amide bonds. The SMILES string of the molecule is NC(=O)C(N)CNCc1cccc(Cl)c1. The molecule has 0 aliphatic carbocycles. The van der Waals surface area contributed by atoms with E-state index in [-0.39, 0.29) is 0 Å². The van der Waals surface area contributed by atoms with Gasteiger partial charge < -0.3 is 16.8 Å². The Kier molecular flexibility index (Phi) is 4.55. The first kappa shape index (κ1) is 12.0. The van der Waals surface area contributed by atoms with E-state index in [0.717, 1.165) is 5.56 Å². The van der Waals surface area contributed by atoms with Crippen LogP contribution in [0.5, 0.6) is 0 Å². The first-order valence-corrected chi connectivity index (χ1v) is 4.97. The van der Waals surface area contributed by atoms with Gasteiger partial charge in [0.15, 0.2) is 0 Å². The van der Waals surface area contributed by atoms with E-state index in [1.165, 1.54) is 0 Å². The van der Waals surface area contributed by atoms with E-state index in [0.29, 0.717) is 18.1 Å². The average molecular weight is 228 g/mol. The first-order valence-electron chi connectivity index (χ1n) is 4.59. The maximum atomic E-state index is 10.6. The summed E-state index contributed by atoms with van der Waals surface area (Å²) in [5.74, 6) is -0.506. The Balaban J connectivity index is 2.35. The molecule has 0 saturated heterocycles. The van der Waals surface area contributed by atoms with Crippen molar-refractivity contribution in [2.45, 2.75) is 12.6 Å². The van der Waals surface area contributed by atoms with Crippen molar-refractivity contribution in [3.05, 3.63) is 34.9 Å². The zero-order valence-electron chi connectivity index (χ0n) is 8.24. The lowest BCUT2D eigenvalue weighted by molar-refractivity contribution is -0.119. The Morgan fingerprint density at radius 2 is 2.27 bits per heavy atom. The molecule has 5 N–H and O–H groups in total. The lowest BCUT2D eigenvalue weighted by atomic mass is 10.2. The summed E-state index contributed by atoms with van der Waals surface area (Å²) in [7, 11) is 0. The van der Waals surface area contributed by atoms with E-state index < -0.39 is 11.9 Å². The number of rotatable bonds is 5. The number of halogens is 1. The zero-order chi connectivity index (χ0) is 11.3. The molecule has 0 spiro atoms. The minimum atomic E-state index is -0.649. The van der Waals surface area contributed by atoms with E-state index in [1.807, 2.05) is 18.2 Å². The van der Waals surface area contributed by atoms with Crippen LogP contribution >= 0.6 is 11.6 Å². The molecule has 1 aromatic rings. The van der Waals surface area contributed by atoms with Gasteiger partial charge >= 0.3 is 0 Å². The second-order valence-corrected chi connectivity index (χ2v) is 3.71. The van der Waals surface area contributed by atoms with Gasteiger partial charge in [0.05, 0.1) is 6.04 Å². The van der Waals surface area contributed by atoms with Crippen LogP contribution in [0.15, 0.2) is 24.3 Å². The van der Waals surface area contributed by atoms with Crippen molar-refractivity contribution in [1.29, 1.82) is 0 Å². The summed E-state index contributed by atoms with van der Waals surface area (Å²) in [6.07, 6.45) is 0. The van der Waals surface area contributed by atoms with Crippen LogP contribution in [0.1, 0.15) is 5.56 Å². The van der Waals surface area contributed by atoms with Crippen LogP contribution in [-0.4, -0.2) is 18.5 Å². The van der Waals surface area contributed by atoms with Crippen LogP contribution < -0.4 is 16.8 Å². The molecule has 0 radical (unpaired) electrons. The number of primary amides is 1. The number of hydrogen-bond acceptors (Lipinski definition) is 3. The Morgan fingerprint density at radius 1 is 1.53 bits per heavy atom. The van der Waals surface area contributed by atoms with Gasteiger partial charge in [-0.2, -0.15) is 0 Å². The molecule has 4 nitrogen and oxygen atoms in total. The fraction of sp³-hybridized carbons (Fsp3) is 0.300. The molecule has 0 bridgehead atoms. The molecule has 82 valence electrons. The molecule has 1 aromatic carbocycles. The van der Waals surface area contributed by atoms with Crippen LogP contribution in [0.3, 0.4) is 0 Å². The summed E-state index contributed by atoms with van der Waals surface area (Å²) in [5.41, 5.74) is 11.5. The Labute approximate surface area is 93.6 Å². The third kappa shape index (κ3) is 4.29. The van der Waals surface area contributed by atoms with E-state index in [1.54, 1.807) is 6.07 Å². The molecule has 1 unspecified atom stereocenters. The second-order valence-electron chi connectivity index (χ2n) is 3.27. The molecule has 0 saturated carbocycles. The molecule has 1 atom stereocenters. The molecule has 1 rings (SSSR count). The quantitative estimate of drug-likeness (QED) is 0.674. The van der Waals surface area contributed by atoms with Crippen LogP contribution in [0.2, 0.25) is 5.02 Å². The van der Waals surface area contributed by atoms with Gasteiger partial charge in [0.25, 0.3) is 0 Å². The van der Waals surface area contributed by atoms with Crippen molar-refractivity contribution in [3.8, 4) is 0 Å². The lowest BCUT2D eigenvalue weighted by Crippen LogP contribution is -2.44. The van der Waals surface area contributed by atoms with Crippen LogP contribution in [0.25, 0.3) is 0 Å². The molecule has 0 aliphatic heterocycles. The summed E-state index contributed by atoms with van der Waals surface area (Å²) in [6.45, 7) is 0.976. The van der Waals surface area contributed by atoms with Crippen LogP contribution in [0, 0.1) is 0 Å². The molecule has 0 fully saturated rings. The third-order valence-electron chi connectivity index (χ3n) is 1.95. The standard InChI is InChI=1S/C10H14ClN3O/c11-8-3-1-2-7(4-8)5-14-6-9(12)10(13)15/h1-4,9,14H,5-6,12H2,(H2,13,15). The molecular weight excluding hydrogens is 214 g/mol. The van der Waals surface area contributed by atoms with E-state index in [4.69, 9.17) is 23.1 Å². The highest BCUT2D eigenvalue weighted by Crippen LogP contribution is 2.09. The van der Waals surface area contributed by atoms with Gasteiger partial charge in [-0.3, -0.25) is 4.79 Å². The highest BCUT2D eigenvalue weighted by molar-refractivity contribution is 6.30. The topological polar surface area (TPSA) is 81.1 Å². The predicted octanol–water partition coefficient (Wildman–Crippen LogP) is 0.242. The fourth-order valence-corrected chi connectivity index (χ4v) is 1.33. The fourth-order valence-electron chi connectivity index (χ4n) is 1.12. The minimum Gasteiger partial charge on any atom is -0.368 e. The monoisotopic (exact) mass is 227 g/mol. The number of nitrogens with two attached hydrogens (primary N) is 2. The molecule has 0 aromatic heterocycles. The Hall–Kier alpha value is -1.10. The number of amides is 1. The lowest BCUT2D eigenvalue weighted by Gasteiger charge is -2.09. The van der Waals surface area contributed by atoms with Gasteiger partial charge in [-0.05, 0) is 17.7 Å². The van der Waals surface area contributed by atoms with Gasteiger partial charge in [0.1, 0.15) is 0 Å². The maximum absolute atomic E-state index is 10.6. The van der Waals surface area contributed by atoms with E-state index in [2.05, 4.69) is 5.32 Å². The average Bonchev–Trinajstić information content (AvgIpc) is 2.17. The summed E-state index contributed by atoms with van der Waals surface area (Å²) in [6, 6.07) is 6.82. The molecule has 15 heavy (non-hydrogen) atoms. The zero-order valence-corrected chi connectivity index (χ0v) is 9.00. The van der Waals surface area contributed by atoms with Gasteiger partial charge in [0.2, 0.25) is 5.91 Å². The maximum Gasteiger partial charge on any atom is 0.235 e. The second kappa shape index (κ2) is 5.70. The first-order chi connectivity index (χ1) is 7.09. The summed E-state index contributed by atoms with van der Waals surface area (Å²) in [5, 5.41) is 3.71. The van der Waals surface area contributed by atoms with E-state index in [9.17, 15) is 4.79 Å². The molecule has 0 heterocycles. The highest BCUT2D eigenvalue weighted by atomic mass is 35.5. The van der Waals surface area contributed by atoms with Gasteiger partial charge in [-0.1, -0.05) is 23.7 Å². The summed E-state index contributed by atoms with van der Waals surface area (Å²) >= 11 is 5.81. The minimum absolute atomic E-state index is 0.363. The Bertz CT molecular complexity index is 343. The van der Waals surface area contributed by atoms with Crippen molar-refractivity contribution in [2.24, 2.45) is 11.5 Å². The van der Waals surface area contributed by atoms with Crippen LogP contribution in [0.4, 0.5) is 0 Å². The summed E-state index contributed by atoms with van der Waals surface area (Å²) in [4.78, 5) is 10.6. The highest BCUT2D eigenvalue weighted by Gasteiger charge is 2.07. The van der Waals surface area contributed by atoms with E-state index >= 15 is 0 Å². The number of carbonyl (C=O) groups excluding carboxylic acids is 1. The number of benzene rings is 1. The predicted molar refractivity (Wildman–Crippen MR) is 60.3 cm³/mol. The van der Waals surface area contributed by atoms with Gasteiger partial charge in [0, 0.05) is 18.1 Å². The van der Waals surface area contributed by atoms with Gasteiger partial charge in [-0.15, -0.1) is 0 Å². The van der Waals surface area contributed by atoms with Crippen molar-refractivity contribution in [3.63, 3.8) is 0 Å². The van der Waals surface area contributed by atoms with Crippen molar-refractivity contribution >= 4 is 17.5 Å².